The highest BCUT2D eigenvalue weighted by atomic mass is 35.5. The van der Waals surface area contributed by atoms with Crippen molar-refractivity contribution in [3.05, 3.63) is 63.9 Å². The summed E-state index contributed by atoms with van der Waals surface area (Å²) in [6.07, 6.45) is 4.39. The fraction of sp³-hybridized carbons (Fsp3) is 0.267. The number of nitrogens with one attached hydrogen (secondary N) is 1. The van der Waals surface area contributed by atoms with Crippen LogP contribution in [0.5, 0.6) is 0 Å². The summed E-state index contributed by atoms with van der Waals surface area (Å²) in [5, 5.41) is 4.86. The smallest absolute Gasteiger partial charge is 0.0453 e. The van der Waals surface area contributed by atoms with Gasteiger partial charge in [0.2, 0.25) is 0 Å². The Morgan fingerprint density at radius 1 is 1.16 bits per heavy atom. The Kier molecular flexibility index (Phi) is 5.20. The largest absolute Gasteiger partial charge is 0.310 e. The zero-order valence-corrected chi connectivity index (χ0v) is 12.2. The Bertz CT molecular complexity index is 509. The van der Waals surface area contributed by atoms with Crippen molar-refractivity contribution in [2.75, 3.05) is 6.54 Å². The molecule has 1 heterocycles. The first kappa shape index (κ1) is 14.3. The van der Waals surface area contributed by atoms with Gasteiger partial charge in [-0.3, -0.25) is 4.98 Å². The minimum absolute atomic E-state index is 0.163. The molecule has 1 aromatic carbocycles. The number of rotatable bonds is 5. The second-order valence-electron chi connectivity index (χ2n) is 4.30. The average Bonchev–Trinajstić information content (AvgIpc) is 2.43. The lowest BCUT2D eigenvalue weighted by atomic mass is 10.00. The van der Waals surface area contributed by atoms with Crippen LogP contribution in [0.4, 0.5) is 0 Å². The van der Waals surface area contributed by atoms with Crippen molar-refractivity contribution in [3.8, 4) is 0 Å². The van der Waals surface area contributed by atoms with Crippen molar-refractivity contribution < 1.29 is 0 Å². The van der Waals surface area contributed by atoms with E-state index in [0.717, 1.165) is 24.1 Å². The van der Waals surface area contributed by atoms with Crippen LogP contribution in [0.15, 0.2) is 42.7 Å². The van der Waals surface area contributed by atoms with Crippen molar-refractivity contribution in [1.82, 2.24) is 10.3 Å². The molecule has 19 heavy (non-hydrogen) atoms. The van der Waals surface area contributed by atoms with E-state index in [1.165, 1.54) is 0 Å². The number of aromatic nitrogens is 1. The fourth-order valence-electron chi connectivity index (χ4n) is 2.07. The van der Waals surface area contributed by atoms with E-state index < -0.39 is 0 Å². The standard InChI is InChI=1S/C15H16Cl2N2/c1-2-19-15(11-5-4-8-18-10-11)9-12-13(16)6-3-7-14(12)17/h3-8,10,15,19H,2,9H2,1H3. The van der Waals surface area contributed by atoms with Crippen molar-refractivity contribution in [2.24, 2.45) is 0 Å². The number of benzene rings is 1. The number of nitrogens with zero attached hydrogens (tertiary/aromatic N) is 1. The number of halogens is 2. The average molecular weight is 295 g/mol. The molecule has 0 spiro atoms. The van der Waals surface area contributed by atoms with Gasteiger partial charge in [-0.2, -0.15) is 0 Å². The van der Waals surface area contributed by atoms with Crippen LogP contribution >= 0.6 is 23.2 Å². The van der Waals surface area contributed by atoms with Gasteiger partial charge in [-0.05, 0) is 42.3 Å². The molecule has 0 saturated carbocycles. The van der Waals surface area contributed by atoms with E-state index in [4.69, 9.17) is 23.2 Å². The Hall–Kier alpha value is -1.09. The minimum atomic E-state index is 0.163. The highest BCUT2D eigenvalue weighted by molar-refractivity contribution is 6.36. The molecule has 0 saturated heterocycles. The van der Waals surface area contributed by atoms with Gasteiger partial charge in [-0.15, -0.1) is 0 Å². The van der Waals surface area contributed by atoms with Gasteiger partial charge in [-0.25, -0.2) is 0 Å². The zero-order chi connectivity index (χ0) is 13.7. The molecule has 100 valence electrons. The summed E-state index contributed by atoms with van der Waals surface area (Å²) in [5.41, 5.74) is 2.11. The van der Waals surface area contributed by atoms with E-state index in [1.807, 2.05) is 30.5 Å². The first-order valence-electron chi connectivity index (χ1n) is 6.28. The first-order chi connectivity index (χ1) is 9.22. The Balaban J connectivity index is 2.27. The van der Waals surface area contributed by atoms with Gasteiger partial charge in [0.15, 0.2) is 0 Å². The number of hydrogen-bond donors (Lipinski definition) is 1. The number of hydrogen-bond acceptors (Lipinski definition) is 2. The summed E-state index contributed by atoms with van der Waals surface area (Å²) in [7, 11) is 0. The van der Waals surface area contributed by atoms with E-state index in [9.17, 15) is 0 Å². The van der Waals surface area contributed by atoms with E-state index in [-0.39, 0.29) is 6.04 Å². The van der Waals surface area contributed by atoms with E-state index in [1.54, 1.807) is 6.20 Å². The molecule has 0 amide bonds. The van der Waals surface area contributed by atoms with Crippen LogP contribution in [0.1, 0.15) is 24.1 Å². The van der Waals surface area contributed by atoms with Gasteiger partial charge in [0.25, 0.3) is 0 Å². The van der Waals surface area contributed by atoms with Crippen LogP contribution in [0.3, 0.4) is 0 Å². The van der Waals surface area contributed by atoms with Crippen LogP contribution in [-0.2, 0) is 6.42 Å². The normalized spacial score (nSPS) is 12.4. The number of pyridine rings is 1. The van der Waals surface area contributed by atoms with Crippen LogP contribution in [-0.4, -0.2) is 11.5 Å². The van der Waals surface area contributed by atoms with Crippen molar-refractivity contribution in [2.45, 2.75) is 19.4 Å². The van der Waals surface area contributed by atoms with E-state index in [0.29, 0.717) is 10.0 Å². The van der Waals surface area contributed by atoms with E-state index >= 15 is 0 Å². The van der Waals surface area contributed by atoms with Crippen LogP contribution in [0.2, 0.25) is 10.0 Å². The van der Waals surface area contributed by atoms with Crippen molar-refractivity contribution >= 4 is 23.2 Å². The molecular formula is C15H16Cl2N2. The second kappa shape index (κ2) is 6.90. The third-order valence-electron chi connectivity index (χ3n) is 3.01. The molecule has 0 fully saturated rings. The molecule has 0 aliphatic heterocycles. The Labute approximate surface area is 123 Å². The van der Waals surface area contributed by atoms with Crippen LogP contribution in [0, 0.1) is 0 Å². The number of likely N-dealkylation sites (N-methyl/N-ethyl adjacent to an activating group) is 1. The molecule has 0 aliphatic rings. The maximum absolute atomic E-state index is 6.23. The molecule has 0 radical (unpaired) electrons. The summed E-state index contributed by atoms with van der Waals surface area (Å²) in [6.45, 7) is 2.96. The lowest BCUT2D eigenvalue weighted by Gasteiger charge is -2.19. The fourth-order valence-corrected chi connectivity index (χ4v) is 2.62. The van der Waals surface area contributed by atoms with Crippen molar-refractivity contribution in [3.63, 3.8) is 0 Å². The predicted octanol–water partition coefficient (Wildman–Crippen LogP) is 4.28. The van der Waals surface area contributed by atoms with Gasteiger partial charge >= 0.3 is 0 Å². The van der Waals surface area contributed by atoms with E-state index in [2.05, 4.69) is 23.3 Å². The highest BCUT2D eigenvalue weighted by Crippen LogP contribution is 2.29. The van der Waals surface area contributed by atoms with Crippen LogP contribution in [0.25, 0.3) is 0 Å². The van der Waals surface area contributed by atoms with Gasteiger partial charge in [-0.1, -0.05) is 42.3 Å². The third kappa shape index (κ3) is 3.69. The SMILES string of the molecule is CCNC(Cc1c(Cl)cccc1Cl)c1cccnc1. The molecule has 1 aromatic heterocycles. The Morgan fingerprint density at radius 2 is 1.89 bits per heavy atom. The van der Waals surface area contributed by atoms with Crippen LogP contribution < -0.4 is 5.32 Å². The summed E-state index contributed by atoms with van der Waals surface area (Å²) in [4.78, 5) is 4.17. The Morgan fingerprint density at radius 3 is 2.47 bits per heavy atom. The summed E-state index contributed by atoms with van der Waals surface area (Å²) >= 11 is 12.5. The molecule has 0 aliphatic carbocycles. The zero-order valence-electron chi connectivity index (χ0n) is 10.7. The topological polar surface area (TPSA) is 24.9 Å². The summed E-state index contributed by atoms with van der Waals surface area (Å²) in [5.74, 6) is 0. The molecule has 2 nitrogen and oxygen atoms in total. The third-order valence-corrected chi connectivity index (χ3v) is 3.72. The molecular weight excluding hydrogens is 279 g/mol. The highest BCUT2D eigenvalue weighted by Gasteiger charge is 2.15. The van der Waals surface area contributed by atoms with Gasteiger partial charge in [0, 0.05) is 28.5 Å². The molecule has 4 heteroatoms. The molecule has 2 rings (SSSR count). The van der Waals surface area contributed by atoms with Gasteiger partial charge in [0.1, 0.15) is 0 Å². The summed E-state index contributed by atoms with van der Waals surface area (Å²) in [6, 6.07) is 9.76. The molecule has 1 atom stereocenters. The molecule has 2 aromatic rings. The molecule has 1 N–H and O–H groups in total. The molecule has 0 bridgehead atoms. The van der Waals surface area contributed by atoms with Crippen molar-refractivity contribution in [1.29, 1.82) is 0 Å². The monoisotopic (exact) mass is 294 g/mol. The lowest BCUT2D eigenvalue weighted by molar-refractivity contribution is 0.548. The second-order valence-corrected chi connectivity index (χ2v) is 5.12. The van der Waals surface area contributed by atoms with Gasteiger partial charge < -0.3 is 5.32 Å². The maximum atomic E-state index is 6.23. The lowest BCUT2D eigenvalue weighted by Crippen LogP contribution is -2.23. The summed E-state index contributed by atoms with van der Waals surface area (Å²) < 4.78 is 0. The first-order valence-corrected chi connectivity index (χ1v) is 7.04. The van der Waals surface area contributed by atoms with Gasteiger partial charge in [0.05, 0.1) is 0 Å². The maximum Gasteiger partial charge on any atom is 0.0453 e. The predicted molar refractivity (Wildman–Crippen MR) is 80.8 cm³/mol. The quantitative estimate of drug-likeness (QED) is 0.890. The minimum Gasteiger partial charge on any atom is -0.310 e. The molecule has 1 unspecified atom stereocenters.